The van der Waals surface area contributed by atoms with E-state index in [0.717, 1.165) is 98.5 Å². The predicted octanol–water partition coefficient (Wildman–Crippen LogP) is 8.58. The highest BCUT2D eigenvalue weighted by atomic mass is 16.5. The van der Waals surface area contributed by atoms with Crippen LogP contribution in [0.5, 0.6) is 5.75 Å². The molecule has 0 saturated carbocycles. The summed E-state index contributed by atoms with van der Waals surface area (Å²) in [6, 6.07) is 23.8. The first-order chi connectivity index (χ1) is 30.0. The molecular formula is C48H54N8O6. The maximum absolute atomic E-state index is 13.9. The van der Waals surface area contributed by atoms with Crippen molar-refractivity contribution in [3.63, 3.8) is 0 Å². The van der Waals surface area contributed by atoms with Gasteiger partial charge in [-0.15, -0.1) is 0 Å². The first-order valence-corrected chi connectivity index (χ1v) is 21.6. The van der Waals surface area contributed by atoms with Gasteiger partial charge in [0.1, 0.15) is 30.0 Å². The van der Waals surface area contributed by atoms with Gasteiger partial charge in [0, 0.05) is 30.1 Å². The second-order valence-electron chi connectivity index (χ2n) is 17.5. The molecule has 2 saturated heterocycles. The maximum atomic E-state index is 13.9. The number of carbonyl (C=O) groups excluding carboxylic acids is 3. The number of nitrogens with one attached hydrogen (secondary N) is 4. The third kappa shape index (κ3) is 7.72. The number of hydrogen-bond donors (Lipinski definition) is 4. The largest absolute Gasteiger partial charge is 0.488 e. The minimum atomic E-state index is -0.710. The van der Waals surface area contributed by atoms with Gasteiger partial charge in [0.25, 0.3) is 0 Å². The Bertz CT molecular complexity index is 2640. The van der Waals surface area contributed by atoms with Gasteiger partial charge in [-0.25, -0.2) is 19.6 Å². The normalized spacial score (nSPS) is 20.7. The zero-order valence-electron chi connectivity index (χ0n) is 36.0. The average Bonchev–Trinajstić information content (AvgIpc) is 4.10. The van der Waals surface area contributed by atoms with E-state index in [4.69, 9.17) is 24.2 Å². The van der Waals surface area contributed by atoms with E-state index >= 15 is 0 Å². The molecule has 0 radical (unpaired) electrons. The minimum Gasteiger partial charge on any atom is -0.488 e. The van der Waals surface area contributed by atoms with Crippen molar-refractivity contribution in [3.05, 3.63) is 102 Å². The van der Waals surface area contributed by atoms with E-state index in [1.165, 1.54) is 14.2 Å². The standard InChI is InChI=1S/C48H54N8O6/c1-26(2)42(54-48(59)61-6)46(57)56-28(4)12-17-39(56)44-49-22-37(51-44)31-13-15-33-32(19-31)25-62-41-21-34-30(20-35(33)41)14-16-36-43(34)53-45(50-36)40-18-27(3)23-55(40)24-38(52-47(58)60-5)29-10-8-7-9-11-29/h7-11,13-16,19-22,26-28,38-40,42H,12,17-18,23-25H2,1-6H3,(H,49,51)(H,50,53)(H,52,58)(H,54,59)/t27-,28-,38-,39-,40-,42-/m0/s1. The molecule has 4 N–H and O–H groups in total. The van der Waals surface area contributed by atoms with Crippen LogP contribution in [0, 0.1) is 11.8 Å². The zero-order valence-corrected chi connectivity index (χ0v) is 36.0. The number of carbonyl (C=O) groups is 3. The first kappa shape index (κ1) is 41.0. The molecule has 9 rings (SSSR count). The molecule has 14 heteroatoms. The topological polar surface area (TPSA) is 167 Å². The van der Waals surface area contributed by atoms with Crippen LogP contribution in [0.4, 0.5) is 9.59 Å². The fourth-order valence-corrected chi connectivity index (χ4v) is 9.74. The number of rotatable bonds is 10. The van der Waals surface area contributed by atoms with E-state index in [9.17, 15) is 14.4 Å². The number of alkyl carbamates (subject to hydrolysis) is 2. The molecule has 0 unspecified atom stereocenters. The van der Waals surface area contributed by atoms with Crippen LogP contribution in [0.3, 0.4) is 0 Å². The minimum absolute atomic E-state index is 0.00658. The Labute approximate surface area is 360 Å². The van der Waals surface area contributed by atoms with E-state index in [2.05, 4.69) is 74.9 Å². The van der Waals surface area contributed by atoms with Gasteiger partial charge in [0.15, 0.2) is 0 Å². The lowest BCUT2D eigenvalue weighted by Crippen LogP contribution is -2.52. The lowest BCUT2D eigenvalue weighted by atomic mass is 9.92. The smallest absolute Gasteiger partial charge is 0.407 e. The zero-order chi connectivity index (χ0) is 43.2. The Kier molecular flexibility index (Phi) is 11.1. The number of benzene rings is 4. The van der Waals surface area contributed by atoms with Gasteiger partial charge in [-0.05, 0) is 89.9 Å². The third-order valence-electron chi connectivity index (χ3n) is 12.9. The van der Waals surface area contributed by atoms with Crippen molar-refractivity contribution in [2.24, 2.45) is 11.8 Å². The van der Waals surface area contributed by atoms with Crippen molar-refractivity contribution in [2.45, 2.75) is 83.8 Å². The molecule has 2 aromatic heterocycles. The molecule has 5 heterocycles. The van der Waals surface area contributed by atoms with Crippen molar-refractivity contribution < 1.29 is 28.6 Å². The Balaban J connectivity index is 0.961. The molecule has 3 aliphatic rings. The van der Waals surface area contributed by atoms with Gasteiger partial charge in [0.05, 0.1) is 55.3 Å². The fourth-order valence-electron chi connectivity index (χ4n) is 9.74. The summed E-state index contributed by atoms with van der Waals surface area (Å²) in [5.74, 6) is 2.64. The molecule has 4 aromatic carbocycles. The van der Waals surface area contributed by atoms with Crippen molar-refractivity contribution in [1.29, 1.82) is 0 Å². The molecule has 3 aliphatic heterocycles. The number of H-pyrrole nitrogens is 2. The summed E-state index contributed by atoms with van der Waals surface area (Å²) in [5.41, 5.74) is 7.94. The highest BCUT2D eigenvalue weighted by Gasteiger charge is 2.41. The van der Waals surface area contributed by atoms with Crippen LogP contribution in [0.25, 0.3) is 44.2 Å². The maximum Gasteiger partial charge on any atom is 0.407 e. The summed E-state index contributed by atoms with van der Waals surface area (Å²) < 4.78 is 16.3. The second-order valence-corrected chi connectivity index (χ2v) is 17.5. The van der Waals surface area contributed by atoms with Crippen molar-refractivity contribution in [3.8, 4) is 28.1 Å². The average molecular weight is 839 g/mol. The van der Waals surface area contributed by atoms with Gasteiger partial charge in [-0.2, -0.15) is 0 Å². The van der Waals surface area contributed by atoms with E-state index in [1.807, 2.05) is 62.2 Å². The number of amides is 3. The number of methoxy groups -OCH3 is 2. The second kappa shape index (κ2) is 16.8. The van der Waals surface area contributed by atoms with Crippen LogP contribution in [-0.2, 0) is 20.9 Å². The van der Waals surface area contributed by atoms with Gasteiger partial charge in [-0.1, -0.05) is 69.3 Å². The Hall–Kier alpha value is -6.41. The predicted molar refractivity (Wildman–Crippen MR) is 236 cm³/mol. The molecule has 6 aromatic rings. The Morgan fingerprint density at radius 3 is 2.45 bits per heavy atom. The van der Waals surface area contributed by atoms with Crippen LogP contribution >= 0.6 is 0 Å². The van der Waals surface area contributed by atoms with Gasteiger partial charge in [0.2, 0.25) is 5.91 Å². The molecule has 0 bridgehead atoms. The van der Waals surface area contributed by atoms with E-state index in [1.54, 1.807) is 0 Å². The third-order valence-corrected chi connectivity index (χ3v) is 12.9. The number of ether oxygens (including phenoxy) is 3. The summed E-state index contributed by atoms with van der Waals surface area (Å²) >= 11 is 0. The Morgan fingerprint density at radius 2 is 1.68 bits per heavy atom. The van der Waals surface area contributed by atoms with Crippen LogP contribution < -0.4 is 15.4 Å². The molecule has 0 spiro atoms. The molecule has 14 nitrogen and oxygen atoms in total. The summed E-state index contributed by atoms with van der Waals surface area (Å²) in [4.78, 5) is 59.9. The molecule has 2 fully saturated rings. The highest BCUT2D eigenvalue weighted by molar-refractivity contribution is 6.07. The fraction of sp³-hybridized carbons (Fsp3) is 0.396. The quantitative estimate of drug-likeness (QED) is 0.106. The lowest BCUT2D eigenvalue weighted by molar-refractivity contribution is -0.137. The van der Waals surface area contributed by atoms with Gasteiger partial charge >= 0.3 is 12.2 Å². The molecule has 6 atom stereocenters. The number of likely N-dealkylation sites (tertiary alicyclic amines) is 2. The Morgan fingerprint density at radius 1 is 0.887 bits per heavy atom. The first-order valence-electron chi connectivity index (χ1n) is 21.6. The number of nitrogens with zero attached hydrogens (tertiary/aromatic N) is 4. The molecule has 322 valence electrons. The molecular weight excluding hydrogens is 785 g/mol. The number of aromatic nitrogens is 4. The number of aromatic amines is 2. The van der Waals surface area contributed by atoms with Crippen molar-refractivity contribution in [2.75, 3.05) is 27.3 Å². The van der Waals surface area contributed by atoms with Crippen molar-refractivity contribution >= 4 is 39.9 Å². The van der Waals surface area contributed by atoms with Gasteiger partial charge < -0.3 is 39.7 Å². The van der Waals surface area contributed by atoms with Crippen LogP contribution in [0.1, 0.15) is 87.9 Å². The lowest BCUT2D eigenvalue weighted by Gasteiger charge is -2.32. The monoisotopic (exact) mass is 838 g/mol. The number of hydrogen-bond acceptors (Lipinski definition) is 9. The molecule has 3 amide bonds. The molecule has 0 aliphatic carbocycles. The summed E-state index contributed by atoms with van der Waals surface area (Å²) in [6.45, 7) is 10.0. The van der Waals surface area contributed by atoms with Crippen LogP contribution in [-0.4, -0.2) is 87.2 Å². The van der Waals surface area contributed by atoms with Gasteiger partial charge in [-0.3, -0.25) is 9.69 Å². The molecule has 62 heavy (non-hydrogen) atoms. The van der Waals surface area contributed by atoms with Crippen LogP contribution in [0.2, 0.25) is 0 Å². The van der Waals surface area contributed by atoms with E-state index in [-0.39, 0.29) is 36.0 Å². The summed E-state index contributed by atoms with van der Waals surface area (Å²) in [7, 11) is 2.69. The highest BCUT2D eigenvalue weighted by Crippen LogP contribution is 2.44. The summed E-state index contributed by atoms with van der Waals surface area (Å²) in [5, 5.41) is 7.88. The number of imidazole rings is 2. The number of fused-ring (bicyclic) bond motifs is 6. The van der Waals surface area contributed by atoms with E-state index < -0.39 is 18.2 Å². The van der Waals surface area contributed by atoms with E-state index in [0.29, 0.717) is 19.1 Å². The van der Waals surface area contributed by atoms with Crippen molar-refractivity contribution in [1.82, 2.24) is 40.4 Å². The van der Waals surface area contributed by atoms with Crippen LogP contribution in [0.15, 0.2) is 79.0 Å². The SMILES string of the molecule is COC(=O)N[C@@H](CN1C[C@@H](C)C[C@H]1c1nc2c(ccc3cc4c(cc32)OCc2cc(-c3cnc([C@@H]5CC[C@H](C)N5C(=O)[C@@H](NC(=O)OC)C(C)C)[nH]3)ccc2-4)[nH]1)c1ccccc1. The summed E-state index contributed by atoms with van der Waals surface area (Å²) in [6.07, 6.45) is 3.29.